The van der Waals surface area contributed by atoms with Gasteiger partial charge < -0.3 is 10.5 Å². The smallest absolute Gasteiger partial charge is 0.282 e. The van der Waals surface area contributed by atoms with E-state index in [-0.39, 0.29) is 6.04 Å². The molecule has 0 radical (unpaired) electrons. The summed E-state index contributed by atoms with van der Waals surface area (Å²) in [5.41, 5.74) is 8.13. The van der Waals surface area contributed by atoms with Gasteiger partial charge in [-0.15, -0.1) is 0 Å². The largest absolute Gasteiger partial charge is 0.463 e. The van der Waals surface area contributed by atoms with Crippen LogP contribution in [0.3, 0.4) is 0 Å². The maximum absolute atomic E-state index is 5.48. The van der Waals surface area contributed by atoms with Crippen molar-refractivity contribution >= 4 is 6.02 Å². The molecule has 1 aliphatic carbocycles. The normalized spacial score (nSPS) is 24.8. The predicted molar refractivity (Wildman–Crippen MR) is 58.7 cm³/mol. The predicted octanol–water partition coefficient (Wildman–Crippen LogP) is 1.95. The fourth-order valence-corrected chi connectivity index (χ4v) is 1.97. The summed E-state index contributed by atoms with van der Waals surface area (Å²) >= 11 is 0. The number of aliphatic imine (C=N–C) groups is 1. The Hall–Kier alpha value is -1.51. The van der Waals surface area contributed by atoms with E-state index < -0.39 is 0 Å². The number of hydrogen-bond acceptors (Lipinski definition) is 3. The summed E-state index contributed by atoms with van der Waals surface area (Å²) in [5.74, 6) is 0.812. The van der Waals surface area contributed by atoms with E-state index in [1.54, 1.807) is 0 Å². The molecule has 1 aliphatic heterocycles. The Bertz CT molecular complexity index is 393. The van der Waals surface area contributed by atoms with Gasteiger partial charge in [-0.2, -0.15) is 0 Å². The average molecular weight is 202 g/mol. The molecule has 0 amide bonds. The van der Waals surface area contributed by atoms with Crippen LogP contribution in [0.1, 0.15) is 35.9 Å². The zero-order chi connectivity index (χ0) is 10.3. The van der Waals surface area contributed by atoms with Crippen molar-refractivity contribution < 1.29 is 4.74 Å². The molecule has 0 bridgehead atoms. The highest BCUT2D eigenvalue weighted by molar-refractivity contribution is 5.73. The number of nitrogens with two attached hydrogens (primary N) is 1. The molecule has 78 valence electrons. The van der Waals surface area contributed by atoms with Gasteiger partial charge in [0, 0.05) is 0 Å². The van der Waals surface area contributed by atoms with Crippen molar-refractivity contribution in [3.8, 4) is 0 Å². The summed E-state index contributed by atoms with van der Waals surface area (Å²) in [6.07, 6.45) is 2.69. The fraction of sp³-hybridized carbons (Fsp3) is 0.417. The van der Waals surface area contributed by atoms with Crippen LogP contribution in [0.2, 0.25) is 0 Å². The minimum atomic E-state index is 0.0956. The Labute approximate surface area is 89.0 Å². The van der Waals surface area contributed by atoms with Crippen LogP contribution in [0.25, 0.3) is 0 Å². The van der Waals surface area contributed by atoms with E-state index in [0.717, 1.165) is 5.92 Å². The van der Waals surface area contributed by atoms with Crippen molar-refractivity contribution in [2.75, 3.05) is 6.61 Å². The second kappa shape index (κ2) is 3.26. The van der Waals surface area contributed by atoms with Crippen LogP contribution < -0.4 is 5.73 Å². The molecule has 0 spiro atoms. The Kier molecular flexibility index (Phi) is 1.91. The molecule has 1 aromatic carbocycles. The van der Waals surface area contributed by atoms with Gasteiger partial charge in [0.05, 0.1) is 0 Å². The second-order valence-electron chi connectivity index (χ2n) is 4.24. The van der Waals surface area contributed by atoms with Crippen LogP contribution >= 0.6 is 0 Å². The quantitative estimate of drug-likeness (QED) is 0.796. The Morgan fingerprint density at radius 2 is 1.80 bits per heavy atom. The average Bonchev–Trinajstić information content (AvgIpc) is 3.02. The van der Waals surface area contributed by atoms with Gasteiger partial charge in [-0.25, -0.2) is 4.99 Å². The molecule has 1 fully saturated rings. The van der Waals surface area contributed by atoms with Gasteiger partial charge in [-0.05, 0) is 29.9 Å². The van der Waals surface area contributed by atoms with Crippen molar-refractivity contribution in [2.45, 2.75) is 24.8 Å². The van der Waals surface area contributed by atoms with Crippen molar-refractivity contribution in [1.82, 2.24) is 0 Å². The van der Waals surface area contributed by atoms with Crippen molar-refractivity contribution in [2.24, 2.45) is 10.7 Å². The van der Waals surface area contributed by atoms with Crippen LogP contribution in [0, 0.1) is 0 Å². The molecule has 1 heterocycles. The SMILES string of the molecule is NC1=NC(c2ccc(C3CC3)cc2)CO1. The molecule has 2 N–H and O–H groups in total. The molecule has 3 nitrogen and oxygen atoms in total. The molecular weight excluding hydrogens is 188 g/mol. The van der Waals surface area contributed by atoms with Crippen LogP contribution in [0.5, 0.6) is 0 Å². The van der Waals surface area contributed by atoms with E-state index >= 15 is 0 Å². The lowest BCUT2D eigenvalue weighted by Gasteiger charge is -2.06. The summed E-state index contributed by atoms with van der Waals surface area (Å²) in [4.78, 5) is 4.22. The lowest BCUT2D eigenvalue weighted by molar-refractivity contribution is 0.315. The molecule has 1 unspecified atom stereocenters. The number of benzene rings is 1. The van der Waals surface area contributed by atoms with Crippen LogP contribution in [0.4, 0.5) is 0 Å². The number of rotatable bonds is 2. The molecule has 3 heteroatoms. The zero-order valence-corrected chi connectivity index (χ0v) is 8.52. The van der Waals surface area contributed by atoms with E-state index in [4.69, 9.17) is 10.5 Å². The fourth-order valence-electron chi connectivity index (χ4n) is 1.97. The van der Waals surface area contributed by atoms with E-state index in [2.05, 4.69) is 29.3 Å². The molecule has 1 aromatic rings. The molecule has 1 atom stereocenters. The van der Waals surface area contributed by atoms with Crippen LogP contribution in [-0.4, -0.2) is 12.6 Å². The minimum absolute atomic E-state index is 0.0956. The molecular formula is C12H14N2O. The highest BCUT2D eigenvalue weighted by Gasteiger charge is 2.24. The maximum Gasteiger partial charge on any atom is 0.282 e. The highest BCUT2D eigenvalue weighted by Crippen LogP contribution is 2.40. The number of hydrogen-bond donors (Lipinski definition) is 1. The minimum Gasteiger partial charge on any atom is -0.463 e. The first-order chi connectivity index (χ1) is 7.33. The van der Waals surface area contributed by atoms with E-state index in [9.17, 15) is 0 Å². The van der Waals surface area contributed by atoms with E-state index in [1.807, 2.05) is 0 Å². The maximum atomic E-state index is 5.48. The standard InChI is InChI=1S/C12H14N2O/c13-12-14-11(7-15-12)10-5-3-9(4-6-10)8-1-2-8/h3-6,8,11H,1-2,7H2,(H2,13,14). The van der Waals surface area contributed by atoms with Crippen molar-refractivity contribution in [1.29, 1.82) is 0 Å². The van der Waals surface area contributed by atoms with Crippen molar-refractivity contribution in [3.05, 3.63) is 35.4 Å². The summed E-state index contributed by atoms with van der Waals surface area (Å²) < 4.78 is 5.14. The third-order valence-corrected chi connectivity index (χ3v) is 3.04. The van der Waals surface area contributed by atoms with Gasteiger partial charge >= 0.3 is 0 Å². The van der Waals surface area contributed by atoms with E-state index in [0.29, 0.717) is 12.6 Å². The lowest BCUT2D eigenvalue weighted by Crippen LogP contribution is -2.10. The summed E-state index contributed by atoms with van der Waals surface area (Å²) in [6.45, 7) is 0.578. The molecule has 0 saturated heterocycles. The lowest BCUT2D eigenvalue weighted by atomic mass is 10.0. The zero-order valence-electron chi connectivity index (χ0n) is 8.52. The van der Waals surface area contributed by atoms with Gasteiger partial charge in [0.15, 0.2) is 0 Å². The molecule has 15 heavy (non-hydrogen) atoms. The van der Waals surface area contributed by atoms with Gasteiger partial charge in [0.2, 0.25) is 0 Å². The number of ether oxygens (including phenoxy) is 1. The molecule has 2 aliphatic rings. The van der Waals surface area contributed by atoms with Crippen LogP contribution in [0.15, 0.2) is 29.3 Å². The molecule has 3 rings (SSSR count). The van der Waals surface area contributed by atoms with Gasteiger partial charge in [0.25, 0.3) is 6.02 Å². The van der Waals surface area contributed by atoms with Crippen LogP contribution in [-0.2, 0) is 4.74 Å². The topological polar surface area (TPSA) is 47.6 Å². The Morgan fingerprint density at radius 1 is 1.13 bits per heavy atom. The Balaban J connectivity index is 1.80. The number of nitrogens with zero attached hydrogens (tertiary/aromatic N) is 1. The van der Waals surface area contributed by atoms with E-state index in [1.165, 1.54) is 24.0 Å². The summed E-state index contributed by atoms with van der Waals surface area (Å²) in [5, 5.41) is 0. The summed E-state index contributed by atoms with van der Waals surface area (Å²) in [6, 6.07) is 9.10. The molecule has 0 aromatic heterocycles. The van der Waals surface area contributed by atoms with Crippen molar-refractivity contribution in [3.63, 3.8) is 0 Å². The third-order valence-electron chi connectivity index (χ3n) is 3.04. The van der Waals surface area contributed by atoms with Gasteiger partial charge in [-0.1, -0.05) is 24.3 Å². The molecule has 1 saturated carbocycles. The second-order valence-corrected chi connectivity index (χ2v) is 4.24. The Morgan fingerprint density at radius 3 is 2.33 bits per heavy atom. The first kappa shape index (κ1) is 8.77. The third kappa shape index (κ3) is 1.69. The monoisotopic (exact) mass is 202 g/mol. The summed E-state index contributed by atoms with van der Waals surface area (Å²) in [7, 11) is 0. The number of amidine groups is 1. The van der Waals surface area contributed by atoms with Gasteiger partial charge in [0.1, 0.15) is 12.6 Å². The van der Waals surface area contributed by atoms with Gasteiger partial charge in [-0.3, -0.25) is 0 Å². The first-order valence-corrected chi connectivity index (χ1v) is 5.39. The highest BCUT2D eigenvalue weighted by atomic mass is 16.5. The first-order valence-electron chi connectivity index (χ1n) is 5.39.